The molecule has 2 heterocycles. The Morgan fingerprint density at radius 2 is 1.96 bits per heavy atom. The predicted molar refractivity (Wildman–Crippen MR) is 112 cm³/mol. The molecule has 1 aromatic heterocycles. The molecule has 0 saturated carbocycles. The number of hydrogen-bond donors (Lipinski definition) is 2. The molecule has 0 radical (unpaired) electrons. The van der Waals surface area contributed by atoms with Crippen molar-refractivity contribution in [1.82, 2.24) is 10.2 Å². The van der Waals surface area contributed by atoms with Crippen molar-refractivity contribution in [3.05, 3.63) is 51.1 Å². The van der Waals surface area contributed by atoms with Gasteiger partial charge in [0, 0.05) is 34.2 Å². The monoisotopic (exact) mass is 439 g/mol. The summed E-state index contributed by atoms with van der Waals surface area (Å²) in [4.78, 5) is 3.84. The fourth-order valence-electron chi connectivity index (χ4n) is 3.04. The number of anilines is 1. The summed E-state index contributed by atoms with van der Waals surface area (Å²) in [6, 6.07) is 12.8. The molecule has 7 heteroatoms. The molecular formula is C18H22BrN3OS2. The van der Waals surface area contributed by atoms with Crippen LogP contribution in [0, 0.1) is 0 Å². The quantitative estimate of drug-likeness (QED) is 0.680. The number of rotatable bonds is 5. The summed E-state index contributed by atoms with van der Waals surface area (Å²) < 4.78 is 6.57. The Morgan fingerprint density at radius 3 is 2.60 bits per heavy atom. The van der Waals surface area contributed by atoms with Crippen LogP contribution >= 0.6 is 39.5 Å². The maximum atomic E-state index is 5.52. The summed E-state index contributed by atoms with van der Waals surface area (Å²) in [5, 5.41) is 9.50. The van der Waals surface area contributed by atoms with Crippen LogP contribution in [0.1, 0.15) is 17.8 Å². The highest BCUT2D eigenvalue weighted by Gasteiger charge is 2.28. The van der Waals surface area contributed by atoms with Gasteiger partial charge in [0.15, 0.2) is 5.11 Å². The van der Waals surface area contributed by atoms with Gasteiger partial charge in [0.05, 0.1) is 19.3 Å². The van der Waals surface area contributed by atoms with Gasteiger partial charge in [-0.05, 0) is 54.9 Å². The Bertz CT molecular complexity index is 672. The molecule has 0 spiro atoms. The van der Waals surface area contributed by atoms with Crippen LogP contribution in [0.25, 0.3) is 0 Å². The Balaban J connectivity index is 1.66. The van der Waals surface area contributed by atoms with Crippen molar-refractivity contribution in [3.63, 3.8) is 0 Å². The first-order valence-corrected chi connectivity index (χ1v) is 10.4. The normalized spacial score (nSPS) is 17.7. The van der Waals surface area contributed by atoms with Crippen LogP contribution in [0.4, 0.5) is 5.69 Å². The summed E-state index contributed by atoms with van der Waals surface area (Å²) in [5.74, 6) is 0. The third-order valence-corrected chi connectivity index (χ3v) is 5.90. The fraction of sp³-hybridized carbons (Fsp3) is 0.389. The molecule has 134 valence electrons. The highest BCUT2D eigenvalue weighted by molar-refractivity contribution is 9.10. The summed E-state index contributed by atoms with van der Waals surface area (Å²) in [6.07, 6.45) is 0. The second kappa shape index (κ2) is 9.09. The van der Waals surface area contributed by atoms with Crippen molar-refractivity contribution in [1.29, 1.82) is 0 Å². The Labute approximate surface area is 166 Å². The molecule has 3 rings (SSSR count). The van der Waals surface area contributed by atoms with E-state index in [1.807, 2.05) is 24.3 Å². The van der Waals surface area contributed by atoms with Gasteiger partial charge >= 0.3 is 0 Å². The van der Waals surface area contributed by atoms with Gasteiger partial charge in [-0.2, -0.15) is 0 Å². The molecule has 1 fully saturated rings. The maximum Gasteiger partial charge on any atom is 0.171 e. The van der Waals surface area contributed by atoms with Crippen LogP contribution in [0.3, 0.4) is 0 Å². The minimum Gasteiger partial charge on any atom is -0.379 e. The predicted octanol–water partition coefficient (Wildman–Crippen LogP) is 4.26. The maximum absolute atomic E-state index is 5.52. The highest BCUT2D eigenvalue weighted by atomic mass is 79.9. The SMILES string of the molecule is C[C@H](NC(=S)Nc1ccc(Br)cc1)[C@@H](c1cccs1)N1CCOCC1. The van der Waals surface area contributed by atoms with E-state index in [0.717, 1.165) is 36.5 Å². The van der Waals surface area contributed by atoms with Crippen molar-refractivity contribution >= 4 is 50.3 Å². The number of nitrogens with one attached hydrogen (secondary N) is 2. The van der Waals surface area contributed by atoms with E-state index in [-0.39, 0.29) is 12.1 Å². The van der Waals surface area contributed by atoms with E-state index in [2.05, 4.69) is 55.9 Å². The molecule has 1 saturated heterocycles. The van der Waals surface area contributed by atoms with Crippen LogP contribution in [0.5, 0.6) is 0 Å². The third kappa shape index (κ3) is 5.24. The molecule has 0 bridgehead atoms. The lowest BCUT2D eigenvalue weighted by Crippen LogP contribution is -2.49. The van der Waals surface area contributed by atoms with Crippen molar-refractivity contribution < 1.29 is 4.74 Å². The van der Waals surface area contributed by atoms with E-state index in [4.69, 9.17) is 17.0 Å². The zero-order valence-corrected chi connectivity index (χ0v) is 17.3. The Morgan fingerprint density at radius 1 is 1.24 bits per heavy atom. The molecular weight excluding hydrogens is 418 g/mol. The Hall–Kier alpha value is -0.990. The van der Waals surface area contributed by atoms with E-state index in [9.17, 15) is 0 Å². The summed E-state index contributed by atoms with van der Waals surface area (Å²) in [5.41, 5.74) is 0.979. The van der Waals surface area contributed by atoms with Crippen LogP contribution in [0.2, 0.25) is 0 Å². The number of ether oxygens (including phenoxy) is 1. The van der Waals surface area contributed by atoms with Crippen molar-refractivity contribution in [3.8, 4) is 0 Å². The van der Waals surface area contributed by atoms with Crippen LogP contribution < -0.4 is 10.6 Å². The van der Waals surface area contributed by atoms with Gasteiger partial charge in [0.2, 0.25) is 0 Å². The van der Waals surface area contributed by atoms with Crippen LogP contribution in [0.15, 0.2) is 46.3 Å². The highest BCUT2D eigenvalue weighted by Crippen LogP contribution is 2.29. The van der Waals surface area contributed by atoms with Gasteiger partial charge in [-0.25, -0.2) is 0 Å². The number of thiocarbonyl (C=S) groups is 1. The fourth-order valence-corrected chi connectivity index (χ4v) is 4.58. The molecule has 0 unspecified atom stereocenters. The largest absolute Gasteiger partial charge is 0.379 e. The molecule has 4 nitrogen and oxygen atoms in total. The molecule has 1 aromatic carbocycles. The molecule has 1 aliphatic rings. The lowest BCUT2D eigenvalue weighted by atomic mass is 10.1. The minimum atomic E-state index is 0.187. The van der Waals surface area contributed by atoms with Gasteiger partial charge in [-0.15, -0.1) is 11.3 Å². The standard InChI is InChI=1S/C18H22BrN3OS2/c1-13(20-18(24)21-15-6-4-14(19)5-7-15)17(16-3-2-12-25-16)22-8-10-23-11-9-22/h2-7,12-13,17H,8-11H2,1H3,(H2,20,21,24)/t13-,17-/m0/s1. The first-order chi connectivity index (χ1) is 12.1. The third-order valence-electron chi connectivity index (χ3n) is 4.21. The van der Waals surface area contributed by atoms with E-state index in [0.29, 0.717) is 5.11 Å². The van der Waals surface area contributed by atoms with Gasteiger partial charge in [0.25, 0.3) is 0 Å². The number of benzene rings is 1. The van der Waals surface area contributed by atoms with Gasteiger partial charge in [0.1, 0.15) is 0 Å². The van der Waals surface area contributed by atoms with E-state index in [1.165, 1.54) is 4.88 Å². The lowest BCUT2D eigenvalue weighted by Gasteiger charge is -2.38. The lowest BCUT2D eigenvalue weighted by molar-refractivity contribution is 0.0110. The zero-order valence-electron chi connectivity index (χ0n) is 14.1. The van der Waals surface area contributed by atoms with Crippen LogP contribution in [-0.4, -0.2) is 42.4 Å². The van der Waals surface area contributed by atoms with E-state index >= 15 is 0 Å². The molecule has 2 atom stereocenters. The van der Waals surface area contributed by atoms with Crippen molar-refractivity contribution in [2.45, 2.75) is 19.0 Å². The molecule has 2 N–H and O–H groups in total. The first-order valence-electron chi connectivity index (χ1n) is 8.32. The minimum absolute atomic E-state index is 0.187. The summed E-state index contributed by atoms with van der Waals surface area (Å²) >= 11 is 10.8. The number of hydrogen-bond acceptors (Lipinski definition) is 4. The number of thiophene rings is 1. The van der Waals surface area contributed by atoms with Crippen LogP contribution in [-0.2, 0) is 4.74 Å². The van der Waals surface area contributed by atoms with E-state index in [1.54, 1.807) is 11.3 Å². The topological polar surface area (TPSA) is 36.5 Å². The summed E-state index contributed by atoms with van der Waals surface area (Å²) in [7, 11) is 0. The molecule has 0 aliphatic carbocycles. The molecule has 25 heavy (non-hydrogen) atoms. The van der Waals surface area contributed by atoms with Gasteiger partial charge in [-0.3, -0.25) is 4.90 Å². The number of morpholine rings is 1. The Kier molecular flexibility index (Phi) is 6.84. The van der Waals surface area contributed by atoms with Gasteiger partial charge < -0.3 is 15.4 Å². The van der Waals surface area contributed by atoms with E-state index < -0.39 is 0 Å². The molecule has 1 aliphatic heterocycles. The zero-order chi connectivity index (χ0) is 17.6. The number of nitrogens with zero attached hydrogens (tertiary/aromatic N) is 1. The smallest absolute Gasteiger partial charge is 0.171 e. The average molecular weight is 440 g/mol. The van der Waals surface area contributed by atoms with Crippen molar-refractivity contribution in [2.75, 3.05) is 31.6 Å². The summed E-state index contributed by atoms with van der Waals surface area (Å²) in [6.45, 7) is 5.66. The molecule has 2 aromatic rings. The van der Waals surface area contributed by atoms with Gasteiger partial charge in [-0.1, -0.05) is 22.0 Å². The average Bonchev–Trinajstić information content (AvgIpc) is 3.12. The second-order valence-corrected chi connectivity index (χ2v) is 8.31. The van der Waals surface area contributed by atoms with Crippen molar-refractivity contribution in [2.24, 2.45) is 0 Å². The number of halogens is 1. The first kappa shape index (κ1) is 18.8. The second-order valence-electron chi connectivity index (χ2n) is 6.00. The molecule has 0 amide bonds.